The lowest BCUT2D eigenvalue weighted by atomic mass is 10.2. The van der Waals surface area contributed by atoms with Crippen LogP contribution >= 0.6 is 22.9 Å². The van der Waals surface area contributed by atoms with Gasteiger partial charge in [0.2, 0.25) is 5.91 Å². The van der Waals surface area contributed by atoms with Crippen molar-refractivity contribution in [3.63, 3.8) is 0 Å². The first-order valence-corrected chi connectivity index (χ1v) is 9.89. The quantitative estimate of drug-likeness (QED) is 0.852. The maximum absolute atomic E-state index is 12.6. The molecule has 1 aromatic carbocycles. The summed E-state index contributed by atoms with van der Waals surface area (Å²) >= 11 is 7.80. The lowest BCUT2D eigenvalue weighted by Crippen LogP contribution is -2.53. The Morgan fingerprint density at radius 1 is 1.15 bits per heavy atom. The van der Waals surface area contributed by atoms with Gasteiger partial charge in [-0.1, -0.05) is 29.8 Å². The molecule has 0 saturated carbocycles. The molecule has 1 atom stereocenters. The molecule has 0 spiro atoms. The first-order chi connectivity index (χ1) is 12.5. The van der Waals surface area contributed by atoms with Crippen molar-refractivity contribution < 1.29 is 9.59 Å². The topological polar surface area (TPSA) is 52.7 Å². The zero-order chi connectivity index (χ0) is 18.5. The number of carbonyl (C=O) groups is 2. The van der Waals surface area contributed by atoms with Crippen molar-refractivity contribution in [2.75, 3.05) is 26.2 Å². The zero-order valence-electron chi connectivity index (χ0n) is 14.7. The molecule has 0 aliphatic carbocycles. The van der Waals surface area contributed by atoms with E-state index in [1.165, 1.54) is 4.88 Å². The summed E-state index contributed by atoms with van der Waals surface area (Å²) in [5, 5.41) is 5.22. The molecule has 2 aromatic rings. The number of nitrogens with zero attached hydrogens (tertiary/aromatic N) is 2. The highest BCUT2D eigenvalue weighted by molar-refractivity contribution is 7.09. The molecule has 1 aliphatic rings. The van der Waals surface area contributed by atoms with Crippen LogP contribution in [0.4, 0.5) is 0 Å². The molecule has 1 saturated heterocycles. The van der Waals surface area contributed by atoms with Gasteiger partial charge in [0.05, 0.1) is 10.6 Å². The summed E-state index contributed by atoms with van der Waals surface area (Å²) in [6.07, 6.45) is 0. The highest BCUT2D eigenvalue weighted by Crippen LogP contribution is 2.16. The van der Waals surface area contributed by atoms with Crippen molar-refractivity contribution in [3.8, 4) is 0 Å². The fourth-order valence-corrected chi connectivity index (χ4v) is 3.97. The molecule has 138 valence electrons. The van der Waals surface area contributed by atoms with E-state index in [9.17, 15) is 9.59 Å². The molecule has 3 rings (SSSR count). The van der Waals surface area contributed by atoms with Gasteiger partial charge >= 0.3 is 0 Å². The van der Waals surface area contributed by atoms with Gasteiger partial charge < -0.3 is 10.2 Å². The van der Waals surface area contributed by atoms with Gasteiger partial charge in [0.15, 0.2) is 0 Å². The number of benzene rings is 1. The van der Waals surface area contributed by atoms with E-state index in [1.807, 2.05) is 4.90 Å². The minimum Gasteiger partial charge on any atom is -0.340 e. The molecule has 26 heavy (non-hydrogen) atoms. The van der Waals surface area contributed by atoms with Crippen LogP contribution in [-0.4, -0.2) is 53.8 Å². The third-order valence-electron chi connectivity index (χ3n) is 4.48. The van der Waals surface area contributed by atoms with Gasteiger partial charge in [0.1, 0.15) is 6.04 Å². The van der Waals surface area contributed by atoms with Crippen LogP contribution in [0.1, 0.15) is 22.2 Å². The number of piperazine rings is 1. The van der Waals surface area contributed by atoms with Crippen LogP contribution in [0.3, 0.4) is 0 Å². The third-order valence-corrected chi connectivity index (χ3v) is 5.67. The molecular weight excluding hydrogens is 370 g/mol. The summed E-state index contributed by atoms with van der Waals surface area (Å²) in [5.74, 6) is -0.381. The summed E-state index contributed by atoms with van der Waals surface area (Å²) in [4.78, 5) is 30.5. The maximum atomic E-state index is 12.6. The van der Waals surface area contributed by atoms with Crippen molar-refractivity contribution in [1.82, 2.24) is 15.1 Å². The Bertz CT molecular complexity index is 758. The second-order valence-electron chi connectivity index (χ2n) is 6.36. The summed E-state index contributed by atoms with van der Waals surface area (Å²) in [6.45, 7) is 5.68. The monoisotopic (exact) mass is 391 g/mol. The van der Waals surface area contributed by atoms with E-state index in [4.69, 9.17) is 11.6 Å². The molecule has 2 heterocycles. The van der Waals surface area contributed by atoms with E-state index >= 15 is 0 Å². The molecule has 5 nitrogen and oxygen atoms in total. The minimum atomic E-state index is -0.581. The Morgan fingerprint density at radius 2 is 1.88 bits per heavy atom. The number of hydrogen-bond donors (Lipinski definition) is 1. The number of amides is 2. The molecule has 1 fully saturated rings. The van der Waals surface area contributed by atoms with Crippen molar-refractivity contribution in [3.05, 3.63) is 57.2 Å². The Morgan fingerprint density at radius 3 is 2.54 bits per heavy atom. The fraction of sp³-hybridized carbons (Fsp3) is 0.368. The minimum absolute atomic E-state index is 0.0545. The Kier molecular flexibility index (Phi) is 6.29. The zero-order valence-corrected chi connectivity index (χ0v) is 16.2. The SMILES string of the molecule is C[C@H](NC(=O)c1ccccc1Cl)C(=O)N1CCN(Cc2cccs2)CC1. The summed E-state index contributed by atoms with van der Waals surface area (Å²) in [6, 6.07) is 10.4. The molecular formula is C19H22ClN3O2S. The molecule has 7 heteroatoms. The van der Waals surface area contributed by atoms with Gasteiger partial charge in [0.25, 0.3) is 5.91 Å². The average molecular weight is 392 g/mol. The van der Waals surface area contributed by atoms with E-state index in [0.29, 0.717) is 23.7 Å². The van der Waals surface area contributed by atoms with Crippen LogP contribution in [0.5, 0.6) is 0 Å². The summed E-state index contributed by atoms with van der Waals surface area (Å²) in [5.41, 5.74) is 0.384. The van der Waals surface area contributed by atoms with Crippen molar-refractivity contribution in [1.29, 1.82) is 0 Å². The predicted octanol–water partition coefficient (Wildman–Crippen LogP) is 2.86. The molecule has 0 bridgehead atoms. The van der Waals surface area contributed by atoms with Crippen LogP contribution in [0.25, 0.3) is 0 Å². The average Bonchev–Trinajstić information content (AvgIpc) is 3.15. The van der Waals surface area contributed by atoms with Crippen LogP contribution in [-0.2, 0) is 11.3 Å². The Balaban J connectivity index is 1.50. The number of rotatable bonds is 5. The van der Waals surface area contributed by atoms with Gasteiger partial charge in [-0.05, 0) is 30.5 Å². The highest BCUT2D eigenvalue weighted by atomic mass is 35.5. The number of thiophene rings is 1. The fourth-order valence-electron chi connectivity index (χ4n) is 3.00. The Labute approximate surface area is 162 Å². The number of nitrogens with one attached hydrogen (secondary N) is 1. The highest BCUT2D eigenvalue weighted by Gasteiger charge is 2.26. The van der Waals surface area contributed by atoms with E-state index in [0.717, 1.165) is 19.6 Å². The normalized spacial score (nSPS) is 16.3. The van der Waals surface area contributed by atoms with Crippen LogP contribution in [0.15, 0.2) is 41.8 Å². The standard InChI is InChI=1S/C19H22ClN3O2S/c1-14(21-18(24)16-6-2-3-7-17(16)20)19(25)23-10-8-22(9-11-23)13-15-5-4-12-26-15/h2-7,12,14H,8-11,13H2,1H3,(H,21,24)/t14-/m0/s1. The van der Waals surface area contributed by atoms with Gasteiger partial charge in [0, 0.05) is 37.6 Å². The predicted molar refractivity (Wildman–Crippen MR) is 105 cm³/mol. The molecule has 1 N–H and O–H groups in total. The molecule has 2 amide bonds. The van der Waals surface area contributed by atoms with Crippen molar-refractivity contribution in [2.45, 2.75) is 19.5 Å². The van der Waals surface area contributed by atoms with Gasteiger partial charge in [-0.3, -0.25) is 14.5 Å². The van der Waals surface area contributed by atoms with E-state index < -0.39 is 6.04 Å². The second kappa shape index (κ2) is 8.66. The van der Waals surface area contributed by atoms with Gasteiger partial charge in [-0.25, -0.2) is 0 Å². The second-order valence-corrected chi connectivity index (χ2v) is 7.80. The van der Waals surface area contributed by atoms with E-state index in [-0.39, 0.29) is 11.8 Å². The van der Waals surface area contributed by atoms with Crippen LogP contribution < -0.4 is 5.32 Å². The smallest absolute Gasteiger partial charge is 0.253 e. The van der Waals surface area contributed by atoms with Crippen LogP contribution in [0.2, 0.25) is 5.02 Å². The maximum Gasteiger partial charge on any atom is 0.253 e. The number of carbonyl (C=O) groups excluding carboxylic acids is 2. The van der Waals surface area contributed by atoms with Crippen molar-refractivity contribution in [2.24, 2.45) is 0 Å². The molecule has 0 radical (unpaired) electrons. The lowest BCUT2D eigenvalue weighted by molar-refractivity contribution is -0.134. The lowest BCUT2D eigenvalue weighted by Gasteiger charge is -2.35. The number of hydrogen-bond acceptors (Lipinski definition) is 4. The van der Waals surface area contributed by atoms with Gasteiger partial charge in [-0.15, -0.1) is 11.3 Å². The van der Waals surface area contributed by atoms with Crippen molar-refractivity contribution >= 4 is 34.8 Å². The first kappa shape index (κ1) is 18.9. The molecule has 0 unspecified atom stereocenters. The Hall–Kier alpha value is -1.89. The largest absolute Gasteiger partial charge is 0.340 e. The summed E-state index contributed by atoms with van der Waals surface area (Å²) < 4.78 is 0. The third kappa shape index (κ3) is 4.63. The summed E-state index contributed by atoms with van der Waals surface area (Å²) in [7, 11) is 0. The van der Waals surface area contributed by atoms with Crippen LogP contribution in [0, 0.1) is 0 Å². The number of halogens is 1. The van der Waals surface area contributed by atoms with E-state index in [2.05, 4.69) is 27.7 Å². The van der Waals surface area contributed by atoms with Gasteiger partial charge in [-0.2, -0.15) is 0 Å². The molecule has 1 aromatic heterocycles. The van der Waals surface area contributed by atoms with E-state index in [1.54, 1.807) is 42.5 Å². The molecule has 1 aliphatic heterocycles. The first-order valence-electron chi connectivity index (χ1n) is 8.63.